The third kappa shape index (κ3) is 5.35. The quantitative estimate of drug-likeness (QED) is 0.742. The number of aromatic nitrogens is 2. The summed E-state index contributed by atoms with van der Waals surface area (Å²) in [6, 6.07) is 6.84. The highest BCUT2D eigenvalue weighted by molar-refractivity contribution is 7.15. The van der Waals surface area contributed by atoms with Gasteiger partial charge in [0.15, 0.2) is 0 Å². The maximum Gasteiger partial charge on any atom is 0.257 e. The molecule has 134 valence electrons. The van der Waals surface area contributed by atoms with Gasteiger partial charge in [-0.05, 0) is 43.5 Å². The van der Waals surface area contributed by atoms with E-state index >= 15 is 0 Å². The molecule has 2 N–H and O–H groups in total. The highest BCUT2D eigenvalue weighted by Crippen LogP contribution is 2.18. The summed E-state index contributed by atoms with van der Waals surface area (Å²) in [6.07, 6.45) is 3.47. The fourth-order valence-corrected chi connectivity index (χ4v) is 3.23. The Morgan fingerprint density at radius 3 is 2.32 bits per heavy atom. The van der Waals surface area contributed by atoms with Gasteiger partial charge in [0.1, 0.15) is 5.01 Å². The monoisotopic (exact) mass is 360 g/mol. The summed E-state index contributed by atoms with van der Waals surface area (Å²) in [6.45, 7) is 6.07. The van der Waals surface area contributed by atoms with Crippen LogP contribution in [0.15, 0.2) is 24.3 Å². The fourth-order valence-electron chi connectivity index (χ4n) is 2.40. The molecule has 2 amide bonds. The van der Waals surface area contributed by atoms with E-state index in [1.807, 2.05) is 13.8 Å². The van der Waals surface area contributed by atoms with Crippen LogP contribution in [0.3, 0.4) is 0 Å². The van der Waals surface area contributed by atoms with Crippen LogP contribution < -0.4 is 10.6 Å². The highest BCUT2D eigenvalue weighted by Gasteiger charge is 2.15. The SMILES string of the molecule is CCCc1nnc(NC(=O)c2ccc(NC(=O)C(CC)CC)cc2)s1. The smallest absolute Gasteiger partial charge is 0.257 e. The van der Waals surface area contributed by atoms with Crippen LogP contribution in [0.5, 0.6) is 0 Å². The Kier molecular flexibility index (Phi) is 7.06. The zero-order valence-electron chi connectivity index (χ0n) is 14.8. The number of hydrogen-bond acceptors (Lipinski definition) is 5. The number of carbonyl (C=O) groups excluding carboxylic acids is 2. The van der Waals surface area contributed by atoms with Gasteiger partial charge in [0.05, 0.1) is 0 Å². The van der Waals surface area contributed by atoms with Crippen LogP contribution in [-0.2, 0) is 11.2 Å². The first kappa shape index (κ1) is 19.1. The number of benzene rings is 1. The molecule has 1 aromatic carbocycles. The molecule has 0 unspecified atom stereocenters. The van der Waals surface area contributed by atoms with E-state index in [4.69, 9.17) is 0 Å². The molecule has 25 heavy (non-hydrogen) atoms. The molecule has 2 rings (SSSR count). The van der Waals surface area contributed by atoms with Gasteiger partial charge >= 0.3 is 0 Å². The van der Waals surface area contributed by atoms with Crippen molar-refractivity contribution in [3.05, 3.63) is 34.8 Å². The lowest BCUT2D eigenvalue weighted by Crippen LogP contribution is -2.21. The second-order valence-corrected chi connectivity index (χ2v) is 6.85. The van der Waals surface area contributed by atoms with E-state index in [0.29, 0.717) is 16.4 Å². The predicted octanol–water partition coefficient (Wildman–Crippen LogP) is 4.12. The molecule has 0 aliphatic heterocycles. The van der Waals surface area contributed by atoms with E-state index < -0.39 is 0 Å². The molecule has 0 saturated carbocycles. The third-order valence-corrected chi connectivity index (χ3v) is 4.82. The summed E-state index contributed by atoms with van der Waals surface area (Å²) in [5, 5.41) is 15.1. The Bertz CT molecular complexity index is 708. The van der Waals surface area contributed by atoms with Crippen molar-refractivity contribution in [1.29, 1.82) is 0 Å². The van der Waals surface area contributed by atoms with E-state index in [-0.39, 0.29) is 17.7 Å². The number of amides is 2. The normalized spacial score (nSPS) is 10.7. The van der Waals surface area contributed by atoms with Crippen LogP contribution in [0.25, 0.3) is 0 Å². The van der Waals surface area contributed by atoms with E-state index in [1.165, 1.54) is 11.3 Å². The Labute approximate surface area is 152 Å². The largest absolute Gasteiger partial charge is 0.326 e. The van der Waals surface area contributed by atoms with Crippen molar-refractivity contribution >= 4 is 34.0 Å². The van der Waals surface area contributed by atoms with Crippen LogP contribution in [-0.4, -0.2) is 22.0 Å². The summed E-state index contributed by atoms with van der Waals surface area (Å²) < 4.78 is 0. The summed E-state index contributed by atoms with van der Waals surface area (Å²) in [7, 11) is 0. The number of hydrogen-bond donors (Lipinski definition) is 2. The fraction of sp³-hybridized carbons (Fsp3) is 0.444. The minimum absolute atomic E-state index is 0.0118. The van der Waals surface area contributed by atoms with Crippen molar-refractivity contribution in [1.82, 2.24) is 10.2 Å². The lowest BCUT2D eigenvalue weighted by Gasteiger charge is -2.12. The second kappa shape index (κ2) is 9.27. The van der Waals surface area contributed by atoms with E-state index in [1.54, 1.807) is 24.3 Å². The van der Waals surface area contributed by atoms with Gasteiger partial charge in [0.25, 0.3) is 5.91 Å². The highest BCUT2D eigenvalue weighted by atomic mass is 32.1. The lowest BCUT2D eigenvalue weighted by molar-refractivity contribution is -0.120. The maximum atomic E-state index is 12.3. The van der Waals surface area contributed by atoms with Crippen molar-refractivity contribution in [2.24, 2.45) is 5.92 Å². The molecule has 0 atom stereocenters. The topological polar surface area (TPSA) is 84.0 Å². The van der Waals surface area contributed by atoms with Gasteiger partial charge < -0.3 is 5.32 Å². The van der Waals surface area contributed by atoms with Gasteiger partial charge in [0.2, 0.25) is 11.0 Å². The minimum Gasteiger partial charge on any atom is -0.326 e. The number of nitrogens with one attached hydrogen (secondary N) is 2. The van der Waals surface area contributed by atoms with Gasteiger partial charge in [-0.1, -0.05) is 32.1 Å². The number of anilines is 2. The zero-order chi connectivity index (χ0) is 18.2. The molecular weight excluding hydrogens is 336 g/mol. The number of nitrogens with zero attached hydrogens (tertiary/aromatic N) is 2. The molecule has 0 radical (unpaired) electrons. The second-order valence-electron chi connectivity index (χ2n) is 5.79. The Balaban J connectivity index is 1.96. The summed E-state index contributed by atoms with van der Waals surface area (Å²) in [4.78, 5) is 24.3. The summed E-state index contributed by atoms with van der Waals surface area (Å²) >= 11 is 1.39. The molecule has 0 saturated heterocycles. The van der Waals surface area contributed by atoms with Gasteiger partial charge in [-0.15, -0.1) is 10.2 Å². The molecule has 0 spiro atoms. The Morgan fingerprint density at radius 2 is 1.72 bits per heavy atom. The Hall–Kier alpha value is -2.28. The average molecular weight is 360 g/mol. The molecule has 0 aliphatic rings. The molecule has 1 aromatic heterocycles. The standard InChI is InChI=1S/C18H24N4O2S/c1-4-7-15-21-22-18(25-15)20-17(24)13-8-10-14(11-9-13)19-16(23)12(5-2)6-3/h8-12H,4-7H2,1-3H3,(H,19,23)(H,20,22,24). The minimum atomic E-state index is -0.239. The average Bonchev–Trinajstić information content (AvgIpc) is 3.04. The van der Waals surface area contributed by atoms with Crippen molar-refractivity contribution in [2.75, 3.05) is 10.6 Å². The molecule has 0 aliphatic carbocycles. The molecule has 1 heterocycles. The van der Waals surface area contributed by atoms with Gasteiger partial charge in [0, 0.05) is 23.6 Å². The molecule has 6 nitrogen and oxygen atoms in total. The molecule has 7 heteroatoms. The third-order valence-electron chi connectivity index (χ3n) is 3.92. The molecule has 2 aromatic rings. The van der Waals surface area contributed by atoms with Crippen molar-refractivity contribution in [2.45, 2.75) is 46.5 Å². The van der Waals surface area contributed by atoms with E-state index in [9.17, 15) is 9.59 Å². The van der Waals surface area contributed by atoms with Gasteiger partial charge in [-0.3, -0.25) is 14.9 Å². The summed E-state index contributed by atoms with van der Waals surface area (Å²) in [5.41, 5.74) is 1.20. The van der Waals surface area contributed by atoms with E-state index in [0.717, 1.165) is 30.7 Å². The first-order valence-electron chi connectivity index (χ1n) is 8.62. The van der Waals surface area contributed by atoms with Crippen LogP contribution in [0.4, 0.5) is 10.8 Å². The first-order chi connectivity index (χ1) is 12.1. The van der Waals surface area contributed by atoms with Crippen molar-refractivity contribution in [3.63, 3.8) is 0 Å². The summed E-state index contributed by atoms with van der Waals surface area (Å²) in [5.74, 6) is -0.214. The molecule has 0 bridgehead atoms. The maximum absolute atomic E-state index is 12.3. The van der Waals surface area contributed by atoms with Crippen molar-refractivity contribution in [3.8, 4) is 0 Å². The van der Waals surface area contributed by atoms with Gasteiger partial charge in [-0.25, -0.2) is 0 Å². The predicted molar refractivity (Wildman–Crippen MR) is 101 cm³/mol. The first-order valence-corrected chi connectivity index (χ1v) is 9.43. The molecular formula is C18H24N4O2S. The van der Waals surface area contributed by atoms with Crippen LogP contribution >= 0.6 is 11.3 Å². The zero-order valence-corrected chi connectivity index (χ0v) is 15.7. The lowest BCUT2D eigenvalue weighted by atomic mass is 10.0. The molecule has 0 fully saturated rings. The Morgan fingerprint density at radius 1 is 1.04 bits per heavy atom. The van der Waals surface area contributed by atoms with Crippen LogP contribution in [0.2, 0.25) is 0 Å². The number of carbonyl (C=O) groups is 2. The number of aryl methyl sites for hydroxylation is 1. The van der Waals surface area contributed by atoms with Crippen LogP contribution in [0, 0.1) is 5.92 Å². The van der Waals surface area contributed by atoms with Crippen molar-refractivity contribution < 1.29 is 9.59 Å². The van der Waals surface area contributed by atoms with Crippen LogP contribution in [0.1, 0.15) is 55.4 Å². The van der Waals surface area contributed by atoms with E-state index in [2.05, 4.69) is 27.8 Å². The number of rotatable bonds is 8. The van der Waals surface area contributed by atoms with Gasteiger partial charge in [-0.2, -0.15) is 0 Å².